The second-order valence-corrected chi connectivity index (χ2v) is 5.76. The lowest BCUT2D eigenvalue weighted by Gasteiger charge is -2.11. The van der Waals surface area contributed by atoms with Crippen molar-refractivity contribution in [3.8, 4) is 11.8 Å². The summed E-state index contributed by atoms with van der Waals surface area (Å²) in [6.07, 6.45) is 1.52. The molecule has 3 aromatic carbocycles. The average molecular weight is 360 g/mol. The molecule has 0 unspecified atom stereocenters. The lowest BCUT2D eigenvalue weighted by Crippen LogP contribution is -2.13. The van der Waals surface area contributed by atoms with E-state index in [1.165, 1.54) is 30.3 Å². The largest absolute Gasteiger partial charge is 0.493 e. The molecule has 0 spiro atoms. The smallest absolute Gasteiger partial charge is 0.266 e. The number of amides is 1. The van der Waals surface area contributed by atoms with Crippen LogP contribution in [-0.4, -0.2) is 12.5 Å². The van der Waals surface area contributed by atoms with Crippen LogP contribution in [0.3, 0.4) is 0 Å². The van der Waals surface area contributed by atoms with Crippen LogP contribution in [0.15, 0.2) is 66.2 Å². The van der Waals surface area contributed by atoms with Gasteiger partial charge in [-0.25, -0.2) is 4.39 Å². The fourth-order valence-electron chi connectivity index (χ4n) is 2.73. The highest BCUT2D eigenvalue weighted by atomic mass is 19.1. The Morgan fingerprint density at radius 1 is 1.15 bits per heavy atom. The zero-order valence-electron chi connectivity index (χ0n) is 14.7. The number of halogens is 1. The van der Waals surface area contributed by atoms with Crippen molar-refractivity contribution in [1.29, 1.82) is 5.26 Å². The van der Waals surface area contributed by atoms with Gasteiger partial charge < -0.3 is 10.1 Å². The number of rotatable bonds is 5. The first kappa shape index (κ1) is 18.2. The van der Waals surface area contributed by atoms with Gasteiger partial charge in [-0.2, -0.15) is 5.26 Å². The van der Waals surface area contributed by atoms with E-state index in [0.717, 1.165) is 10.8 Å². The number of fused-ring (bicyclic) bond motifs is 1. The summed E-state index contributed by atoms with van der Waals surface area (Å²) in [5.41, 5.74) is 1.00. The lowest BCUT2D eigenvalue weighted by atomic mass is 10.0. The van der Waals surface area contributed by atoms with Gasteiger partial charge in [-0.3, -0.25) is 4.79 Å². The van der Waals surface area contributed by atoms with E-state index in [0.29, 0.717) is 23.6 Å². The molecule has 0 aromatic heterocycles. The van der Waals surface area contributed by atoms with E-state index in [9.17, 15) is 14.4 Å². The zero-order chi connectivity index (χ0) is 19.2. The topological polar surface area (TPSA) is 62.1 Å². The Morgan fingerprint density at radius 2 is 1.89 bits per heavy atom. The summed E-state index contributed by atoms with van der Waals surface area (Å²) in [6.45, 7) is 2.33. The molecule has 0 bridgehead atoms. The van der Waals surface area contributed by atoms with E-state index in [4.69, 9.17) is 4.74 Å². The third-order valence-corrected chi connectivity index (χ3v) is 3.99. The molecule has 1 amide bonds. The Hall–Kier alpha value is -3.65. The van der Waals surface area contributed by atoms with Gasteiger partial charge in [0.2, 0.25) is 0 Å². The van der Waals surface area contributed by atoms with Crippen molar-refractivity contribution < 1.29 is 13.9 Å². The minimum Gasteiger partial charge on any atom is -0.493 e. The molecular weight excluding hydrogens is 343 g/mol. The number of benzene rings is 3. The molecule has 0 atom stereocenters. The first-order chi connectivity index (χ1) is 13.1. The van der Waals surface area contributed by atoms with Gasteiger partial charge in [0.05, 0.1) is 6.61 Å². The molecule has 3 rings (SSSR count). The summed E-state index contributed by atoms with van der Waals surface area (Å²) in [5, 5.41) is 14.0. The van der Waals surface area contributed by atoms with Gasteiger partial charge in [0.1, 0.15) is 23.2 Å². The maximum atomic E-state index is 13.0. The van der Waals surface area contributed by atoms with Gasteiger partial charge in [-0.05, 0) is 54.1 Å². The highest BCUT2D eigenvalue weighted by molar-refractivity contribution is 6.11. The summed E-state index contributed by atoms with van der Waals surface area (Å²) in [4.78, 5) is 12.5. The molecule has 1 N–H and O–H groups in total. The van der Waals surface area contributed by atoms with E-state index in [2.05, 4.69) is 5.32 Å². The SMILES string of the molecule is CCOc1ccc2ccccc2c1/C=C(/C#N)C(=O)Nc1ccc(F)cc1. The predicted octanol–water partition coefficient (Wildman–Crippen LogP) is 4.92. The standard InChI is InChI=1S/C22H17FN2O2/c1-2-27-21-12-7-15-5-3-4-6-19(15)20(21)13-16(14-24)22(26)25-18-10-8-17(23)9-11-18/h3-13H,2H2,1H3,(H,25,26)/b16-13-. The van der Waals surface area contributed by atoms with E-state index < -0.39 is 11.7 Å². The first-order valence-electron chi connectivity index (χ1n) is 8.45. The average Bonchev–Trinajstić information content (AvgIpc) is 2.69. The molecule has 0 saturated carbocycles. The number of carbonyl (C=O) groups excluding carboxylic acids is 1. The van der Waals surface area contributed by atoms with Crippen LogP contribution in [0.25, 0.3) is 16.8 Å². The van der Waals surface area contributed by atoms with Gasteiger partial charge in [0.25, 0.3) is 5.91 Å². The van der Waals surface area contributed by atoms with Crippen molar-refractivity contribution in [2.75, 3.05) is 11.9 Å². The molecule has 134 valence electrons. The van der Waals surface area contributed by atoms with E-state index in [-0.39, 0.29) is 5.57 Å². The number of hydrogen-bond donors (Lipinski definition) is 1. The Kier molecular flexibility index (Phi) is 5.48. The number of nitriles is 1. The fourth-order valence-corrected chi connectivity index (χ4v) is 2.73. The second-order valence-electron chi connectivity index (χ2n) is 5.76. The number of hydrogen-bond acceptors (Lipinski definition) is 3. The third kappa shape index (κ3) is 4.13. The van der Waals surface area contributed by atoms with E-state index in [1.54, 1.807) is 0 Å². The van der Waals surface area contributed by atoms with Crippen LogP contribution in [0.4, 0.5) is 10.1 Å². The molecule has 0 aliphatic carbocycles. The minimum absolute atomic E-state index is 0.0726. The van der Waals surface area contributed by atoms with Crippen LogP contribution in [0.2, 0.25) is 0 Å². The lowest BCUT2D eigenvalue weighted by molar-refractivity contribution is -0.112. The minimum atomic E-state index is -0.570. The highest BCUT2D eigenvalue weighted by Crippen LogP contribution is 2.30. The van der Waals surface area contributed by atoms with Gasteiger partial charge >= 0.3 is 0 Å². The maximum Gasteiger partial charge on any atom is 0.266 e. The molecule has 0 saturated heterocycles. The molecule has 27 heavy (non-hydrogen) atoms. The van der Waals surface area contributed by atoms with Crippen molar-refractivity contribution >= 4 is 28.4 Å². The van der Waals surface area contributed by atoms with Crippen molar-refractivity contribution in [2.24, 2.45) is 0 Å². The molecule has 4 nitrogen and oxygen atoms in total. The molecule has 0 aliphatic heterocycles. The number of nitrogens with zero attached hydrogens (tertiary/aromatic N) is 1. The summed E-state index contributed by atoms with van der Waals surface area (Å²) in [7, 11) is 0. The first-order valence-corrected chi connectivity index (χ1v) is 8.45. The summed E-state index contributed by atoms with van der Waals surface area (Å²) >= 11 is 0. The molecule has 5 heteroatoms. The summed E-state index contributed by atoms with van der Waals surface area (Å²) in [6, 6.07) is 18.7. The van der Waals surface area contributed by atoms with Gasteiger partial charge in [-0.15, -0.1) is 0 Å². The van der Waals surface area contributed by atoms with Gasteiger partial charge in [0, 0.05) is 11.3 Å². The number of anilines is 1. The van der Waals surface area contributed by atoms with Crippen molar-refractivity contribution in [2.45, 2.75) is 6.92 Å². The Bertz CT molecular complexity index is 1050. The van der Waals surface area contributed by atoms with Crippen LogP contribution in [0.1, 0.15) is 12.5 Å². The highest BCUT2D eigenvalue weighted by Gasteiger charge is 2.13. The van der Waals surface area contributed by atoms with Crippen LogP contribution in [0, 0.1) is 17.1 Å². The van der Waals surface area contributed by atoms with Crippen LogP contribution >= 0.6 is 0 Å². The quantitative estimate of drug-likeness (QED) is 0.519. The predicted molar refractivity (Wildman–Crippen MR) is 104 cm³/mol. The summed E-state index contributed by atoms with van der Waals surface area (Å²) in [5.74, 6) is -0.376. The van der Waals surface area contributed by atoms with E-state index in [1.807, 2.05) is 49.4 Å². The maximum absolute atomic E-state index is 13.0. The van der Waals surface area contributed by atoms with Crippen molar-refractivity contribution in [3.63, 3.8) is 0 Å². The Morgan fingerprint density at radius 3 is 2.59 bits per heavy atom. The molecule has 0 aliphatic rings. The molecular formula is C22H17FN2O2. The molecule has 0 heterocycles. The van der Waals surface area contributed by atoms with Crippen molar-refractivity contribution in [1.82, 2.24) is 0 Å². The number of ether oxygens (including phenoxy) is 1. The van der Waals surface area contributed by atoms with Crippen LogP contribution < -0.4 is 10.1 Å². The van der Waals surface area contributed by atoms with Crippen LogP contribution in [0.5, 0.6) is 5.75 Å². The molecule has 3 aromatic rings. The normalized spacial score (nSPS) is 11.1. The molecule has 0 fully saturated rings. The zero-order valence-corrected chi connectivity index (χ0v) is 14.7. The number of nitrogens with one attached hydrogen (secondary N) is 1. The third-order valence-electron chi connectivity index (χ3n) is 3.99. The van der Waals surface area contributed by atoms with Crippen LogP contribution in [-0.2, 0) is 4.79 Å². The van der Waals surface area contributed by atoms with Gasteiger partial charge in [0.15, 0.2) is 0 Å². The number of carbonyl (C=O) groups is 1. The molecule has 0 radical (unpaired) electrons. The Labute approximate surface area is 156 Å². The monoisotopic (exact) mass is 360 g/mol. The fraction of sp³-hybridized carbons (Fsp3) is 0.0909. The summed E-state index contributed by atoms with van der Waals surface area (Å²) < 4.78 is 18.7. The van der Waals surface area contributed by atoms with E-state index >= 15 is 0 Å². The van der Waals surface area contributed by atoms with Gasteiger partial charge in [-0.1, -0.05) is 30.3 Å². The van der Waals surface area contributed by atoms with Crippen molar-refractivity contribution in [3.05, 3.63) is 77.6 Å². The Balaban J connectivity index is 2.02. The second kappa shape index (κ2) is 8.15.